The molecule has 0 saturated carbocycles. The van der Waals surface area contributed by atoms with Crippen molar-refractivity contribution in [2.45, 2.75) is 33.5 Å². The van der Waals surface area contributed by atoms with Crippen molar-refractivity contribution in [2.75, 3.05) is 0 Å². The Morgan fingerprint density at radius 2 is 2.08 bits per heavy atom. The van der Waals surface area contributed by atoms with Gasteiger partial charge in [-0.15, -0.1) is 0 Å². The molecule has 0 aromatic heterocycles. The molecule has 0 atom stereocenters. The predicted octanol–water partition coefficient (Wildman–Crippen LogP) is 3.14. The van der Waals surface area contributed by atoms with Crippen molar-refractivity contribution in [3.8, 4) is 0 Å². The molecule has 0 rings (SSSR count). The van der Waals surface area contributed by atoms with Gasteiger partial charge in [0.05, 0.1) is 0 Å². The molecule has 0 heterocycles. The second-order valence-electron chi connectivity index (χ2n) is 3.82. The molecule has 0 spiro atoms. The van der Waals surface area contributed by atoms with E-state index in [1.54, 1.807) is 0 Å². The van der Waals surface area contributed by atoms with Crippen LogP contribution in [0.25, 0.3) is 0 Å². The molecule has 0 aliphatic carbocycles. The molecule has 0 aliphatic heterocycles. The summed E-state index contributed by atoms with van der Waals surface area (Å²) in [6, 6.07) is 0. The molecule has 13 heavy (non-hydrogen) atoms. The minimum Gasteiger partial charge on any atom is -0.0988 e. The highest BCUT2D eigenvalue weighted by atomic mass is 14.0. The summed E-state index contributed by atoms with van der Waals surface area (Å²) in [6.45, 7) is 10.5. The van der Waals surface area contributed by atoms with Crippen LogP contribution in [0.5, 0.6) is 0 Å². The van der Waals surface area contributed by atoms with E-state index in [1.165, 1.54) is 11.1 Å². The minimum absolute atomic E-state index is 0.706. The Hall–Kier alpha value is -0.715. The second kappa shape index (κ2) is 6.76. The largest absolute Gasteiger partial charge is 0.106 e. The third kappa shape index (κ3) is 5.51. The van der Waals surface area contributed by atoms with E-state index < -0.39 is 0 Å². The summed E-state index contributed by atoms with van der Waals surface area (Å²) < 4.78 is 0. The van der Waals surface area contributed by atoms with Gasteiger partial charge in [0, 0.05) is 0 Å². The van der Waals surface area contributed by atoms with Crippen molar-refractivity contribution in [1.29, 1.82) is 0 Å². The Bertz CT molecular complexity index is 209. The summed E-state index contributed by atoms with van der Waals surface area (Å²) >= 11 is 0. The van der Waals surface area contributed by atoms with Gasteiger partial charge >= 0.3 is 0 Å². The lowest BCUT2D eigenvalue weighted by molar-refractivity contribution is 0.647. The van der Waals surface area contributed by atoms with Crippen molar-refractivity contribution >= 4 is 7.85 Å². The van der Waals surface area contributed by atoms with Gasteiger partial charge < -0.3 is 0 Å². The summed E-state index contributed by atoms with van der Waals surface area (Å²) in [5.41, 5.74) is 2.73. The van der Waals surface area contributed by atoms with Crippen LogP contribution in [0.15, 0.2) is 36.0 Å². The van der Waals surface area contributed by atoms with Crippen molar-refractivity contribution < 1.29 is 0 Å². The molecule has 0 N–H and O–H groups in total. The van der Waals surface area contributed by atoms with Crippen LogP contribution in [0, 0.1) is 5.92 Å². The smallest absolute Gasteiger partial charge is 0.0988 e. The molecule has 0 saturated heterocycles. The summed E-state index contributed by atoms with van der Waals surface area (Å²) in [7, 11) is 2.15. The van der Waals surface area contributed by atoms with Crippen LogP contribution >= 0.6 is 0 Å². The van der Waals surface area contributed by atoms with Gasteiger partial charge in [-0.1, -0.05) is 45.0 Å². The van der Waals surface area contributed by atoms with Gasteiger partial charge in [0.25, 0.3) is 0 Å². The standard InChI is InChI=1S/C12H21B/c1-5-12(9-10(2)3)11(4)7-6-8-13/h5-7,10H,1,8-9,13H2,2-4H3/b7-6-,12-11+. The lowest BCUT2D eigenvalue weighted by Crippen LogP contribution is -1.91. The summed E-state index contributed by atoms with van der Waals surface area (Å²) in [6.07, 6.45) is 8.60. The first-order valence-corrected chi connectivity index (χ1v) is 5.10. The highest BCUT2D eigenvalue weighted by molar-refractivity contribution is 6.09. The predicted molar refractivity (Wildman–Crippen MR) is 64.8 cm³/mol. The highest BCUT2D eigenvalue weighted by Gasteiger charge is 1.99. The Labute approximate surface area is 83.8 Å². The van der Waals surface area contributed by atoms with Gasteiger partial charge in [-0.25, -0.2) is 0 Å². The average molecular weight is 176 g/mol. The first-order chi connectivity index (χ1) is 6.11. The van der Waals surface area contributed by atoms with Crippen LogP contribution in [0.4, 0.5) is 0 Å². The number of hydrogen-bond donors (Lipinski definition) is 0. The molecule has 1 heteroatoms. The van der Waals surface area contributed by atoms with Crippen molar-refractivity contribution in [3.63, 3.8) is 0 Å². The summed E-state index contributed by atoms with van der Waals surface area (Å²) in [4.78, 5) is 0. The van der Waals surface area contributed by atoms with E-state index in [0.717, 1.165) is 12.7 Å². The Kier molecular flexibility index (Phi) is 6.39. The summed E-state index contributed by atoms with van der Waals surface area (Å²) in [5, 5.41) is 0. The zero-order valence-corrected chi connectivity index (χ0v) is 9.43. The second-order valence-corrected chi connectivity index (χ2v) is 3.82. The Morgan fingerprint density at radius 3 is 2.46 bits per heavy atom. The van der Waals surface area contributed by atoms with Gasteiger partial charge in [0.15, 0.2) is 0 Å². The maximum Gasteiger partial charge on any atom is 0.106 e. The fraction of sp³-hybridized carbons (Fsp3) is 0.500. The SMILES string of the molecule is BC/C=C\C(C)=C(/C=C)CC(C)C. The van der Waals surface area contributed by atoms with Crippen molar-refractivity contribution in [2.24, 2.45) is 5.92 Å². The molecular weight excluding hydrogens is 155 g/mol. The van der Waals surface area contributed by atoms with Crippen molar-refractivity contribution in [1.82, 2.24) is 0 Å². The average Bonchev–Trinajstić information content (AvgIpc) is 2.09. The summed E-state index contributed by atoms with van der Waals surface area (Å²) in [5.74, 6) is 0.706. The zero-order valence-electron chi connectivity index (χ0n) is 9.43. The quantitative estimate of drug-likeness (QED) is 0.446. The van der Waals surface area contributed by atoms with Crippen LogP contribution < -0.4 is 0 Å². The molecule has 72 valence electrons. The van der Waals surface area contributed by atoms with Crippen LogP contribution in [-0.4, -0.2) is 7.85 Å². The first kappa shape index (κ1) is 12.3. The van der Waals surface area contributed by atoms with Gasteiger partial charge in [-0.2, -0.15) is 0 Å². The number of rotatable bonds is 5. The fourth-order valence-electron chi connectivity index (χ4n) is 1.25. The van der Waals surface area contributed by atoms with Crippen LogP contribution in [0.3, 0.4) is 0 Å². The molecule has 0 aromatic carbocycles. The van der Waals surface area contributed by atoms with E-state index in [2.05, 4.69) is 47.3 Å². The lowest BCUT2D eigenvalue weighted by atomic mass is 9.97. The Balaban J connectivity index is 4.48. The third-order valence-electron chi connectivity index (χ3n) is 1.98. The molecular formula is C12H21B. The normalized spacial score (nSPS) is 13.5. The highest BCUT2D eigenvalue weighted by Crippen LogP contribution is 2.16. The van der Waals surface area contributed by atoms with Crippen LogP contribution in [0.1, 0.15) is 27.2 Å². The minimum atomic E-state index is 0.706. The van der Waals surface area contributed by atoms with E-state index in [-0.39, 0.29) is 0 Å². The van der Waals surface area contributed by atoms with E-state index >= 15 is 0 Å². The zero-order chi connectivity index (χ0) is 10.3. The van der Waals surface area contributed by atoms with E-state index in [0.29, 0.717) is 5.92 Å². The molecule has 0 aliphatic rings. The number of hydrogen-bond acceptors (Lipinski definition) is 0. The number of allylic oxidation sites excluding steroid dienone is 5. The van der Waals surface area contributed by atoms with E-state index in [4.69, 9.17) is 0 Å². The van der Waals surface area contributed by atoms with E-state index in [1.807, 2.05) is 6.08 Å². The Morgan fingerprint density at radius 1 is 1.46 bits per heavy atom. The van der Waals surface area contributed by atoms with E-state index in [9.17, 15) is 0 Å². The maximum atomic E-state index is 3.85. The van der Waals surface area contributed by atoms with Gasteiger partial charge in [0.2, 0.25) is 0 Å². The molecule has 0 radical (unpaired) electrons. The fourth-order valence-corrected chi connectivity index (χ4v) is 1.25. The molecule has 0 fully saturated rings. The topological polar surface area (TPSA) is 0 Å². The molecule has 0 unspecified atom stereocenters. The molecule has 0 nitrogen and oxygen atoms in total. The maximum absolute atomic E-state index is 3.85. The molecule has 0 aromatic rings. The monoisotopic (exact) mass is 176 g/mol. The molecule has 0 amide bonds. The lowest BCUT2D eigenvalue weighted by Gasteiger charge is -2.07. The van der Waals surface area contributed by atoms with Crippen molar-refractivity contribution in [3.05, 3.63) is 36.0 Å². The van der Waals surface area contributed by atoms with Crippen LogP contribution in [-0.2, 0) is 0 Å². The van der Waals surface area contributed by atoms with Crippen LogP contribution in [0.2, 0.25) is 6.32 Å². The third-order valence-corrected chi connectivity index (χ3v) is 1.98. The first-order valence-electron chi connectivity index (χ1n) is 5.10. The van der Waals surface area contributed by atoms with Gasteiger partial charge in [0.1, 0.15) is 7.85 Å². The van der Waals surface area contributed by atoms with Gasteiger partial charge in [-0.05, 0) is 30.4 Å². The molecule has 0 bridgehead atoms. The van der Waals surface area contributed by atoms with Gasteiger partial charge in [-0.3, -0.25) is 0 Å².